The maximum Gasteiger partial charge on any atom is 0.243 e. The van der Waals surface area contributed by atoms with Gasteiger partial charge in [-0.2, -0.15) is 4.31 Å². The molecule has 1 aromatic heterocycles. The minimum atomic E-state index is -3.60. The van der Waals surface area contributed by atoms with Gasteiger partial charge in [0.1, 0.15) is 0 Å². The largest absolute Gasteiger partial charge is 0.325 e. The monoisotopic (exact) mass is 485 g/mol. The van der Waals surface area contributed by atoms with Crippen molar-refractivity contribution in [2.45, 2.75) is 30.4 Å². The highest BCUT2D eigenvalue weighted by Crippen LogP contribution is 2.25. The molecule has 3 aromatic rings. The number of nitrogens with zero attached hydrogens (tertiary/aromatic N) is 4. The number of hydrogen-bond donors (Lipinski definition) is 1. The van der Waals surface area contributed by atoms with Crippen LogP contribution in [0.4, 0.5) is 5.69 Å². The van der Waals surface area contributed by atoms with Crippen molar-refractivity contribution in [3.8, 4) is 11.4 Å². The van der Waals surface area contributed by atoms with Crippen LogP contribution >= 0.6 is 11.8 Å². The first-order valence-electron chi connectivity index (χ1n) is 10.5. The topological polar surface area (TPSA) is 97.2 Å². The molecule has 0 aliphatic carbocycles. The van der Waals surface area contributed by atoms with Crippen LogP contribution in [0.25, 0.3) is 11.4 Å². The highest BCUT2D eigenvalue weighted by Gasteiger charge is 2.22. The van der Waals surface area contributed by atoms with E-state index in [-0.39, 0.29) is 16.6 Å². The van der Waals surface area contributed by atoms with Crippen LogP contribution in [0, 0.1) is 0 Å². The summed E-state index contributed by atoms with van der Waals surface area (Å²) in [5.74, 6) is 0.524. The molecule has 0 atom stereocenters. The number of nitrogens with one attached hydrogen (secondary N) is 1. The Kier molecular flexibility index (Phi) is 8.43. The summed E-state index contributed by atoms with van der Waals surface area (Å²) in [6.45, 7) is 8.64. The van der Waals surface area contributed by atoms with E-state index in [9.17, 15) is 13.2 Å². The van der Waals surface area contributed by atoms with Crippen molar-refractivity contribution in [3.63, 3.8) is 0 Å². The van der Waals surface area contributed by atoms with E-state index in [1.165, 1.54) is 28.2 Å². The Morgan fingerprint density at radius 1 is 1.12 bits per heavy atom. The zero-order valence-corrected chi connectivity index (χ0v) is 20.3. The molecule has 0 aliphatic rings. The molecule has 0 unspecified atom stereocenters. The SMILES string of the molecule is C=CCn1c(SCC(=O)Nc2cccc(S(=O)(=O)N(CC)CC)c2)nnc1-c1ccccc1. The average molecular weight is 486 g/mol. The number of allylic oxidation sites excluding steroid dienone is 1. The lowest BCUT2D eigenvalue weighted by molar-refractivity contribution is -0.113. The summed E-state index contributed by atoms with van der Waals surface area (Å²) in [6, 6.07) is 16.0. The van der Waals surface area contributed by atoms with E-state index in [1.54, 1.807) is 32.1 Å². The van der Waals surface area contributed by atoms with Crippen LogP contribution in [0.15, 0.2) is 77.3 Å². The van der Waals surface area contributed by atoms with E-state index in [0.29, 0.717) is 36.3 Å². The first-order valence-corrected chi connectivity index (χ1v) is 13.0. The summed E-state index contributed by atoms with van der Waals surface area (Å²) >= 11 is 1.25. The minimum Gasteiger partial charge on any atom is -0.325 e. The summed E-state index contributed by atoms with van der Waals surface area (Å²) in [5.41, 5.74) is 1.35. The quantitative estimate of drug-likeness (QED) is 0.327. The van der Waals surface area contributed by atoms with Crippen LogP contribution in [0.2, 0.25) is 0 Å². The van der Waals surface area contributed by atoms with Gasteiger partial charge in [0.15, 0.2) is 11.0 Å². The molecule has 10 heteroatoms. The second-order valence-corrected chi connectivity index (χ2v) is 9.91. The molecule has 0 spiro atoms. The van der Waals surface area contributed by atoms with Crippen molar-refractivity contribution >= 4 is 33.4 Å². The molecule has 0 aliphatic heterocycles. The number of aromatic nitrogens is 3. The molecule has 2 aromatic carbocycles. The van der Waals surface area contributed by atoms with Crippen LogP contribution in [-0.2, 0) is 21.4 Å². The van der Waals surface area contributed by atoms with E-state index in [0.717, 1.165) is 5.56 Å². The number of hydrogen-bond acceptors (Lipinski definition) is 6. The second kappa shape index (κ2) is 11.3. The van der Waals surface area contributed by atoms with Crippen LogP contribution in [-0.4, -0.2) is 52.2 Å². The van der Waals surface area contributed by atoms with E-state index in [1.807, 2.05) is 34.9 Å². The summed E-state index contributed by atoms with van der Waals surface area (Å²) in [5, 5.41) is 11.9. The maximum absolute atomic E-state index is 12.7. The summed E-state index contributed by atoms with van der Waals surface area (Å²) in [7, 11) is -3.60. The highest BCUT2D eigenvalue weighted by molar-refractivity contribution is 7.99. The number of amides is 1. The lowest BCUT2D eigenvalue weighted by atomic mass is 10.2. The first-order chi connectivity index (χ1) is 15.9. The van der Waals surface area contributed by atoms with Crippen molar-refractivity contribution in [2.24, 2.45) is 0 Å². The van der Waals surface area contributed by atoms with Gasteiger partial charge in [0.05, 0.1) is 10.6 Å². The number of benzene rings is 2. The molecule has 3 rings (SSSR count). The van der Waals surface area contributed by atoms with Crippen molar-refractivity contribution in [1.82, 2.24) is 19.1 Å². The van der Waals surface area contributed by atoms with Crippen LogP contribution in [0.5, 0.6) is 0 Å². The van der Waals surface area contributed by atoms with Gasteiger partial charge in [0.25, 0.3) is 0 Å². The smallest absolute Gasteiger partial charge is 0.243 e. The molecular formula is C23H27N5O3S2. The van der Waals surface area contributed by atoms with Gasteiger partial charge in [0, 0.05) is 30.9 Å². The number of carbonyl (C=O) groups is 1. The Morgan fingerprint density at radius 3 is 2.52 bits per heavy atom. The van der Waals surface area contributed by atoms with Gasteiger partial charge in [-0.15, -0.1) is 16.8 Å². The lowest BCUT2D eigenvalue weighted by Gasteiger charge is -2.18. The van der Waals surface area contributed by atoms with Crippen LogP contribution in [0.1, 0.15) is 13.8 Å². The number of thioether (sulfide) groups is 1. The predicted octanol–water partition coefficient (Wildman–Crippen LogP) is 3.89. The Hall–Kier alpha value is -2.95. The fourth-order valence-corrected chi connectivity index (χ4v) is 5.52. The van der Waals surface area contributed by atoms with E-state index in [4.69, 9.17) is 0 Å². The molecule has 0 bridgehead atoms. The molecule has 33 heavy (non-hydrogen) atoms. The zero-order chi connectivity index (χ0) is 23.8. The van der Waals surface area contributed by atoms with Crippen molar-refractivity contribution in [1.29, 1.82) is 0 Å². The minimum absolute atomic E-state index is 0.0943. The van der Waals surface area contributed by atoms with Gasteiger partial charge >= 0.3 is 0 Å². The molecule has 1 amide bonds. The normalized spacial score (nSPS) is 11.5. The van der Waals surface area contributed by atoms with E-state index < -0.39 is 10.0 Å². The van der Waals surface area contributed by atoms with Crippen molar-refractivity contribution < 1.29 is 13.2 Å². The van der Waals surface area contributed by atoms with Crippen LogP contribution < -0.4 is 5.32 Å². The third kappa shape index (κ3) is 5.89. The fraction of sp³-hybridized carbons (Fsp3) is 0.261. The van der Waals surface area contributed by atoms with Gasteiger partial charge in [-0.25, -0.2) is 8.42 Å². The van der Waals surface area contributed by atoms with Gasteiger partial charge in [-0.1, -0.05) is 68.1 Å². The molecule has 1 N–H and O–H groups in total. The standard InChI is InChI=1S/C23H27N5O3S2/c1-4-15-28-22(18-11-8-7-9-12-18)25-26-23(28)32-17-21(29)24-19-13-10-14-20(16-19)33(30,31)27(5-2)6-3/h4,7-14,16H,1,5-6,15,17H2,2-3H3,(H,24,29). The highest BCUT2D eigenvalue weighted by atomic mass is 32.2. The summed E-state index contributed by atoms with van der Waals surface area (Å²) in [6.07, 6.45) is 1.75. The van der Waals surface area contributed by atoms with Gasteiger partial charge in [0.2, 0.25) is 15.9 Å². The zero-order valence-electron chi connectivity index (χ0n) is 18.6. The van der Waals surface area contributed by atoms with E-state index >= 15 is 0 Å². The summed E-state index contributed by atoms with van der Waals surface area (Å²) in [4.78, 5) is 12.7. The van der Waals surface area contributed by atoms with Gasteiger partial charge in [-0.3, -0.25) is 9.36 Å². The first kappa shape index (κ1) is 24.7. The molecule has 0 saturated heterocycles. The van der Waals surface area contributed by atoms with Crippen LogP contribution in [0.3, 0.4) is 0 Å². The Balaban J connectivity index is 1.71. The van der Waals surface area contributed by atoms with Gasteiger partial charge < -0.3 is 5.32 Å². The van der Waals surface area contributed by atoms with Crippen molar-refractivity contribution in [3.05, 3.63) is 67.3 Å². The third-order valence-corrected chi connectivity index (χ3v) is 7.87. The lowest BCUT2D eigenvalue weighted by Crippen LogP contribution is -2.30. The molecule has 174 valence electrons. The number of rotatable bonds is 11. The Labute approximate surface area is 198 Å². The number of carbonyl (C=O) groups excluding carboxylic acids is 1. The average Bonchev–Trinajstić information content (AvgIpc) is 3.22. The molecule has 8 nitrogen and oxygen atoms in total. The summed E-state index contributed by atoms with van der Waals surface area (Å²) < 4.78 is 28.8. The number of anilines is 1. The Morgan fingerprint density at radius 2 is 1.85 bits per heavy atom. The maximum atomic E-state index is 12.7. The van der Waals surface area contributed by atoms with Gasteiger partial charge in [-0.05, 0) is 18.2 Å². The molecular weight excluding hydrogens is 458 g/mol. The molecule has 0 fully saturated rings. The van der Waals surface area contributed by atoms with Crippen molar-refractivity contribution in [2.75, 3.05) is 24.2 Å². The predicted molar refractivity (Wildman–Crippen MR) is 132 cm³/mol. The molecule has 1 heterocycles. The molecule has 0 radical (unpaired) electrons. The van der Waals surface area contributed by atoms with E-state index in [2.05, 4.69) is 22.1 Å². The Bertz CT molecular complexity index is 1210. The number of sulfonamides is 1. The third-order valence-electron chi connectivity index (χ3n) is 4.85. The fourth-order valence-electron chi connectivity index (χ4n) is 3.26. The second-order valence-electron chi connectivity index (χ2n) is 7.03. The molecule has 0 saturated carbocycles.